The smallest absolute Gasteiger partial charge is 0.251 e. The number of methoxy groups -OCH3 is 1. The second-order valence-electron chi connectivity index (χ2n) is 9.07. The molecule has 4 aromatic carbocycles. The molecular weight excluding hydrogens is 496 g/mol. The van der Waals surface area contributed by atoms with E-state index < -0.39 is 15.3 Å². The standard InChI is InChI=1S/C31H28N2O4S/c1-22(24-15-17-26(18-16-24)31(34)32-20-23-9-8-12-27(19-23)37-2)38(35,36)33-21-29(25-10-4-3-5-11-25)28-13-6-7-14-30(28)33/h3-19,21-22H,20H2,1-2H3,(H,32,34). The van der Waals surface area contributed by atoms with Gasteiger partial charge in [0.05, 0.1) is 12.6 Å². The number of rotatable bonds is 8. The molecule has 5 aromatic rings. The van der Waals surface area contributed by atoms with Crippen molar-refractivity contribution in [3.8, 4) is 16.9 Å². The third kappa shape index (κ3) is 4.93. The van der Waals surface area contributed by atoms with Crippen LogP contribution in [0.5, 0.6) is 5.75 Å². The fraction of sp³-hybridized carbons (Fsp3) is 0.129. The van der Waals surface area contributed by atoms with E-state index in [0.717, 1.165) is 27.8 Å². The van der Waals surface area contributed by atoms with Crippen molar-refractivity contribution in [2.75, 3.05) is 7.11 Å². The summed E-state index contributed by atoms with van der Waals surface area (Å²) >= 11 is 0. The number of hydrogen-bond acceptors (Lipinski definition) is 4. The Balaban J connectivity index is 1.37. The molecule has 6 nitrogen and oxygen atoms in total. The minimum Gasteiger partial charge on any atom is -0.497 e. The molecule has 5 rings (SSSR count). The molecule has 1 N–H and O–H groups in total. The molecule has 1 unspecified atom stereocenters. The second kappa shape index (κ2) is 10.6. The Morgan fingerprint density at radius 1 is 0.895 bits per heavy atom. The Morgan fingerprint density at radius 2 is 1.61 bits per heavy atom. The van der Waals surface area contributed by atoms with Gasteiger partial charge in [0.2, 0.25) is 10.0 Å². The van der Waals surface area contributed by atoms with Gasteiger partial charge in [-0.3, -0.25) is 4.79 Å². The van der Waals surface area contributed by atoms with Gasteiger partial charge >= 0.3 is 0 Å². The molecule has 1 aromatic heterocycles. The van der Waals surface area contributed by atoms with Crippen LogP contribution in [0.25, 0.3) is 22.0 Å². The van der Waals surface area contributed by atoms with Crippen LogP contribution in [0.4, 0.5) is 0 Å². The SMILES string of the molecule is COc1cccc(CNC(=O)c2ccc(C(C)S(=O)(=O)n3cc(-c4ccccc4)c4ccccc43)cc2)c1. The van der Waals surface area contributed by atoms with E-state index in [4.69, 9.17) is 4.74 Å². The molecule has 1 atom stereocenters. The number of amides is 1. The van der Waals surface area contributed by atoms with Crippen LogP contribution in [0.2, 0.25) is 0 Å². The minimum atomic E-state index is -3.79. The van der Waals surface area contributed by atoms with Gasteiger partial charge in [0.15, 0.2) is 0 Å². The molecule has 0 bridgehead atoms. The Kier molecular flexibility index (Phi) is 7.03. The van der Waals surface area contributed by atoms with E-state index in [1.165, 1.54) is 3.97 Å². The number of fused-ring (bicyclic) bond motifs is 1. The molecule has 1 amide bonds. The minimum absolute atomic E-state index is 0.237. The van der Waals surface area contributed by atoms with E-state index in [-0.39, 0.29) is 5.91 Å². The van der Waals surface area contributed by atoms with Gasteiger partial charge in [-0.15, -0.1) is 0 Å². The maximum absolute atomic E-state index is 13.8. The van der Waals surface area contributed by atoms with Gasteiger partial charge < -0.3 is 10.1 Å². The molecule has 0 spiro atoms. The van der Waals surface area contributed by atoms with Crippen molar-refractivity contribution >= 4 is 26.8 Å². The number of carbonyl (C=O) groups is 1. The van der Waals surface area contributed by atoms with Gasteiger partial charge in [-0.05, 0) is 53.9 Å². The molecule has 192 valence electrons. The molecular formula is C31H28N2O4S. The van der Waals surface area contributed by atoms with Crippen molar-refractivity contribution in [3.05, 3.63) is 126 Å². The van der Waals surface area contributed by atoms with Crippen LogP contribution >= 0.6 is 0 Å². The lowest BCUT2D eigenvalue weighted by molar-refractivity contribution is 0.0951. The van der Waals surface area contributed by atoms with Crippen LogP contribution in [-0.2, 0) is 16.6 Å². The lowest BCUT2D eigenvalue weighted by Gasteiger charge is -2.16. The highest BCUT2D eigenvalue weighted by Crippen LogP contribution is 2.34. The average molecular weight is 525 g/mol. The van der Waals surface area contributed by atoms with E-state index in [1.54, 1.807) is 44.5 Å². The first kappa shape index (κ1) is 25.3. The summed E-state index contributed by atoms with van der Waals surface area (Å²) in [7, 11) is -2.19. The first-order chi connectivity index (χ1) is 18.4. The van der Waals surface area contributed by atoms with E-state index in [2.05, 4.69) is 5.32 Å². The fourth-order valence-electron chi connectivity index (χ4n) is 4.52. The molecule has 0 aliphatic heterocycles. The summed E-state index contributed by atoms with van der Waals surface area (Å²) in [5.74, 6) is 0.487. The second-order valence-corrected chi connectivity index (χ2v) is 11.2. The van der Waals surface area contributed by atoms with Crippen molar-refractivity contribution in [2.45, 2.75) is 18.7 Å². The van der Waals surface area contributed by atoms with Crippen molar-refractivity contribution < 1.29 is 17.9 Å². The third-order valence-corrected chi connectivity index (χ3v) is 8.73. The number of benzene rings is 4. The third-order valence-electron chi connectivity index (χ3n) is 6.71. The van der Waals surface area contributed by atoms with Crippen LogP contribution in [0.15, 0.2) is 109 Å². The van der Waals surface area contributed by atoms with Gasteiger partial charge in [-0.25, -0.2) is 12.4 Å². The number of para-hydroxylation sites is 1. The number of nitrogens with one attached hydrogen (secondary N) is 1. The van der Waals surface area contributed by atoms with Crippen molar-refractivity contribution in [1.82, 2.24) is 9.29 Å². The van der Waals surface area contributed by atoms with Gasteiger partial charge in [0, 0.05) is 29.3 Å². The van der Waals surface area contributed by atoms with E-state index in [9.17, 15) is 13.2 Å². The highest BCUT2D eigenvalue weighted by molar-refractivity contribution is 7.90. The van der Waals surface area contributed by atoms with Crippen molar-refractivity contribution in [3.63, 3.8) is 0 Å². The Morgan fingerprint density at radius 3 is 2.34 bits per heavy atom. The zero-order valence-corrected chi connectivity index (χ0v) is 22.0. The quantitative estimate of drug-likeness (QED) is 0.263. The summed E-state index contributed by atoms with van der Waals surface area (Å²) in [6.45, 7) is 2.02. The summed E-state index contributed by atoms with van der Waals surface area (Å²) in [5.41, 5.74) is 4.43. The largest absolute Gasteiger partial charge is 0.497 e. The monoisotopic (exact) mass is 524 g/mol. The lowest BCUT2D eigenvalue weighted by Crippen LogP contribution is -2.23. The van der Waals surface area contributed by atoms with Crippen molar-refractivity contribution in [1.29, 1.82) is 0 Å². The van der Waals surface area contributed by atoms with Crippen LogP contribution in [0.3, 0.4) is 0 Å². The molecule has 0 fully saturated rings. The van der Waals surface area contributed by atoms with Gasteiger partial charge in [-0.1, -0.05) is 72.8 Å². The number of hydrogen-bond donors (Lipinski definition) is 1. The number of ether oxygens (including phenoxy) is 1. The van der Waals surface area contributed by atoms with Gasteiger partial charge in [0.25, 0.3) is 5.91 Å². The van der Waals surface area contributed by atoms with E-state index in [0.29, 0.717) is 23.2 Å². The maximum atomic E-state index is 13.8. The predicted molar refractivity (Wildman–Crippen MR) is 151 cm³/mol. The van der Waals surface area contributed by atoms with Crippen LogP contribution in [0, 0.1) is 0 Å². The average Bonchev–Trinajstić information content (AvgIpc) is 3.37. The summed E-state index contributed by atoms with van der Waals surface area (Å²) in [6, 6.07) is 31.5. The molecule has 0 aliphatic carbocycles. The molecule has 0 radical (unpaired) electrons. The molecule has 0 saturated carbocycles. The molecule has 0 saturated heterocycles. The first-order valence-electron chi connectivity index (χ1n) is 12.3. The maximum Gasteiger partial charge on any atom is 0.251 e. The first-order valence-corrected chi connectivity index (χ1v) is 13.8. The van der Waals surface area contributed by atoms with Crippen molar-refractivity contribution in [2.24, 2.45) is 0 Å². The number of carbonyl (C=O) groups excluding carboxylic acids is 1. The van der Waals surface area contributed by atoms with Crippen LogP contribution in [0.1, 0.15) is 33.7 Å². The molecule has 0 aliphatic rings. The van der Waals surface area contributed by atoms with Crippen LogP contribution < -0.4 is 10.1 Å². The summed E-state index contributed by atoms with van der Waals surface area (Å²) in [6.07, 6.45) is 1.70. The van der Waals surface area contributed by atoms with Gasteiger partial charge in [-0.2, -0.15) is 0 Å². The topological polar surface area (TPSA) is 77.4 Å². The molecule has 7 heteroatoms. The van der Waals surface area contributed by atoms with Gasteiger partial charge in [0.1, 0.15) is 11.0 Å². The predicted octanol–water partition coefficient (Wildman–Crippen LogP) is 6.19. The number of nitrogens with zero attached hydrogens (tertiary/aromatic N) is 1. The Labute approximate surface area is 222 Å². The summed E-state index contributed by atoms with van der Waals surface area (Å²) in [5, 5.41) is 2.94. The zero-order chi connectivity index (χ0) is 26.7. The molecule has 1 heterocycles. The fourth-order valence-corrected chi connectivity index (χ4v) is 6.05. The summed E-state index contributed by atoms with van der Waals surface area (Å²) < 4.78 is 34.2. The zero-order valence-electron chi connectivity index (χ0n) is 21.2. The highest BCUT2D eigenvalue weighted by atomic mass is 32.2. The molecule has 38 heavy (non-hydrogen) atoms. The summed E-state index contributed by atoms with van der Waals surface area (Å²) in [4.78, 5) is 12.7. The lowest BCUT2D eigenvalue weighted by atomic mass is 10.1. The number of aromatic nitrogens is 1. The van der Waals surface area contributed by atoms with E-state index >= 15 is 0 Å². The normalized spacial score (nSPS) is 12.3. The van der Waals surface area contributed by atoms with Crippen LogP contribution in [-0.4, -0.2) is 25.4 Å². The Bertz CT molecular complexity index is 1690. The Hall–Kier alpha value is -4.36. The highest BCUT2D eigenvalue weighted by Gasteiger charge is 2.27. The van der Waals surface area contributed by atoms with E-state index in [1.807, 2.05) is 78.9 Å².